The summed E-state index contributed by atoms with van der Waals surface area (Å²) in [6, 6.07) is 0. The van der Waals surface area contributed by atoms with Crippen LogP contribution in [-0.2, 0) is 0 Å². The van der Waals surface area contributed by atoms with Crippen LogP contribution in [0.3, 0.4) is 0 Å². The molecule has 18 heavy (non-hydrogen) atoms. The Hall–Kier alpha value is 0.905. The molecule has 0 atom stereocenters. The minimum absolute atomic E-state index is 0. The first-order valence-electron chi connectivity index (χ1n) is 5.58. The third kappa shape index (κ3) is 89.7. The molecule has 108 valence electrons. The zero-order valence-corrected chi connectivity index (χ0v) is 15.7. The van der Waals surface area contributed by atoms with Crippen LogP contribution in [0.4, 0.5) is 0 Å². The Morgan fingerprint density at radius 2 is 0.778 bits per heavy atom. The van der Waals surface area contributed by atoms with Crippen molar-refractivity contribution in [2.24, 2.45) is 11.8 Å². The molecule has 0 heterocycles. The van der Waals surface area contributed by atoms with E-state index < -0.39 is 0 Å². The van der Waals surface area contributed by atoms with Gasteiger partial charge >= 0.3 is 82.7 Å². The van der Waals surface area contributed by atoms with Gasteiger partial charge in [-0.2, -0.15) is 28.4 Å². The minimum atomic E-state index is 0. The molecule has 0 saturated heterocycles. The third-order valence-electron chi connectivity index (χ3n) is 1.28. The summed E-state index contributed by atoms with van der Waals surface area (Å²) in [6.07, 6.45) is 0. The van der Waals surface area contributed by atoms with Crippen molar-refractivity contribution < 1.29 is 20.4 Å². The molecule has 4 nitrogen and oxygen atoms in total. The van der Waals surface area contributed by atoms with Gasteiger partial charge in [0.15, 0.2) is 0 Å². The van der Waals surface area contributed by atoms with Crippen LogP contribution in [0, 0.1) is 11.8 Å². The molecule has 0 spiro atoms. The molecule has 6 heteroatoms. The van der Waals surface area contributed by atoms with E-state index in [1.54, 1.807) is 0 Å². The Labute approximate surface area is 131 Å². The number of hydrogen-bond acceptors (Lipinski definition) is 4. The van der Waals surface area contributed by atoms with E-state index in [4.69, 9.17) is 20.4 Å². The molecule has 0 aliphatic heterocycles. The molecule has 0 aromatic rings. The van der Waals surface area contributed by atoms with Gasteiger partial charge in [-0.25, -0.2) is 0 Å². The number of rotatable bonds is 4. The molecular formula is C12H30Al2O4. The maximum Gasteiger partial charge on any atom is 3.00 e. The fraction of sp³-hybridized carbons (Fsp3) is 1.00. The molecule has 0 aliphatic rings. The molecule has 0 aliphatic carbocycles. The minimum Gasteiger partial charge on any atom is -0.857 e. The van der Waals surface area contributed by atoms with Crippen molar-refractivity contribution in [3.05, 3.63) is 0 Å². The quantitative estimate of drug-likeness (QED) is 0.581. The SMILES string of the molecule is CC(C)[CH2][Al+][CH2]C(C)C.C[O-].C[O-].C[O-].C[O-].[Al+3]. The Kier molecular flexibility index (Phi) is 105. The van der Waals surface area contributed by atoms with Crippen molar-refractivity contribution in [3.63, 3.8) is 0 Å². The standard InChI is InChI=1S/2C4H9.4CH3O.2Al/c2*1-4(2)3;4*1-2;;/h2*4H,1H2,2-3H3;4*1H3;;/q;;4*-1;+1;+3. The van der Waals surface area contributed by atoms with Gasteiger partial charge in [0.1, 0.15) is 0 Å². The average molecular weight is 292 g/mol. The molecule has 0 saturated carbocycles. The van der Waals surface area contributed by atoms with Crippen LogP contribution in [0.1, 0.15) is 27.7 Å². The summed E-state index contributed by atoms with van der Waals surface area (Å²) in [7, 11) is 3.00. The molecule has 0 aromatic heterocycles. The topological polar surface area (TPSA) is 92.2 Å². The van der Waals surface area contributed by atoms with E-state index in [0.717, 1.165) is 55.5 Å². The van der Waals surface area contributed by atoms with E-state index in [-0.39, 0.29) is 17.4 Å². The summed E-state index contributed by atoms with van der Waals surface area (Å²) >= 11 is 0.755. The Morgan fingerprint density at radius 3 is 0.889 bits per heavy atom. The van der Waals surface area contributed by atoms with E-state index >= 15 is 0 Å². The van der Waals surface area contributed by atoms with Crippen LogP contribution in [0.2, 0.25) is 10.6 Å². The van der Waals surface area contributed by atoms with Crippen LogP contribution in [0.5, 0.6) is 0 Å². The fourth-order valence-electron chi connectivity index (χ4n) is 0.763. The van der Waals surface area contributed by atoms with Gasteiger partial charge in [-0.1, -0.05) is 0 Å². The van der Waals surface area contributed by atoms with E-state index in [1.165, 1.54) is 10.6 Å². The van der Waals surface area contributed by atoms with Crippen LogP contribution in [0.15, 0.2) is 0 Å². The second-order valence-electron chi connectivity index (χ2n) is 3.55. The summed E-state index contributed by atoms with van der Waals surface area (Å²) in [4.78, 5) is 0. The van der Waals surface area contributed by atoms with E-state index in [9.17, 15) is 0 Å². The van der Waals surface area contributed by atoms with Crippen LogP contribution in [-0.4, -0.2) is 61.0 Å². The summed E-state index contributed by atoms with van der Waals surface area (Å²) in [5.74, 6) is 1.86. The number of hydrogen-bond donors (Lipinski definition) is 0. The second kappa shape index (κ2) is 52.2. The van der Waals surface area contributed by atoms with Gasteiger partial charge in [0.05, 0.1) is 0 Å². The molecule has 0 amide bonds. The van der Waals surface area contributed by atoms with E-state index in [2.05, 4.69) is 27.7 Å². The van der Waals surface area contributed by atoms with Gasteiger partial charge in [-0.05, 0) is 0 Å². The van der Waals surface area contributed by atoms with E-state index in [0.29, 0.717) is 0 Å². The molecule has 0 N–H and O–H groups in total. The second-order valence-corrected chi connectivity index (χ2v) is 5.07. The van der Waals surface area contributed by atoms with Crippen molar-refractivity contribution >= 4 is 32.6 Å². The molecular weight excluding hydrogens is 262 g/mol. The van der Waals surface area contributed by atoms with Gasteiger partial charge in [-0.3, -0.25) is 0 Å². The Morgan fingerprint density at radius 1 is 0.611 bits per heavy atom. The van der Waals surface area contributed by atoms with Gasteiger partial charge in [0, 0.05) is 0 Å². The van der Waals surface area contributed by atoms with Crippen molar-refractivity contribution in [1.82, 2.24) is 0 Å². The van der Waals surface area contributed by atoms with Crippen LogP contribution in [0.25, 0.3) is 0 Å². The zero-order chi connectivity index (χ0) is 15.3. The predicted octanol–water partition coefficient (Wildman–Crippen LogP) is -1.64. The summed E-state index contributed by atoms with van der Waals surface area (Å²) in [6.45, 7) is 9.25. The maximum absolute atomic E-state index is 8.25. The predicted molar refractivity (Wildman–Crippen MR) is 74.5 cm³/mol. The summed E-state index contributed by atoms with van der Waals surface area (Å²) < 4.78 is 0. The monoisotopic (exact) mass is 292 g/mol. The van der Waals surface area contributed by atoms with Crippen molar-refractivity contribution in [3.8, 4) is 0 Å². The summed E-state index contributed by atoms with van der Waals surface area (Å²) in [5.41, 5.74) is 0. The van der Waals surface area contributed by atoms with Crippen LogP contribution < -0.4 is 20.4 Å². The van der Waals surface area contributed by atoms with Crippen molar-refractivity contribution in [1.29, 1.82) is 0 Å². The van der Waals surface area contributed by atoms with Gasteiger partial charge in [0.25, 0.3) is 0 Å². The first-order valence-corrected chi connectivity index (χ1v) is 7.21. The first kappa shape index (κ1) is 36.4. The molecule has 0 bridgehead atoms. The Balaban J connectivity index is -0.0000000342. The van der Waals surface area contributed by atoms with Crippen LogP contribution >= 0.6 is 0 Å². The van der Waals surface area contributed by atoms with Gasteiger partial charge in [-0.15, -0.1) is 0 Å². The van der Waals surface area contributed by atoms with Crippen molar-refractivity contribution in [2.75, 3.05) is 28.4 Å². The molecule has 0 radical (unpaired) electrons. The third-order valence-corrected chi connectivity index (χ3v) is 3.83. The largest absolute Gasteiger partial charge is 3.00 e. The smallest absolute Gasteiger partial charge is 0.857 e. The first-order chi connectivity index (χ1) is 8.13. The molecule has 0 fully saturated rings. The summed E-state index contributed by atoms with van der Waals surface area (Å²) in [5, 5.41) is 36.0. The van der Waals surface area contributed by atoms with Gasteiger partial charge in [0.2, 0.25) is 0 Å². The zero-order valence-electron chi connectivity index (χ0n) is 13.4. The maximum atomic E-state index is 8.25. The average Bonchev–Trinajstić information content (AvgIpc) is 2.38. The molecule has 0 unspecified atom stereocenters. The van der Waals surface area contributed by atoms with E-state index in [1.807, 2.05) is 0 Å². The Bertz CT molecular complexity index is 67.1. The van der Waals surface area contributed by atoms with Crippen molar-refractivity contribution in [2.45, 2.75) is 38.3 Å². The fourth-order valence-corrected chi connectivity index (χ4v) is 2.29. The molecule has 0 aromatic carbocycles. The van der Waals surface area contributed by atoms with Gasteiger partial charge < -0.3 is 20.4 Å². The molecule has 0 rings (SSSR count). The normalized spacial score (nSPS) is 6.56.